The topological polar surface area (TPSA) is 70.6 Å². The second-order valence-corrected chi connectivity index (χ2v) is 7.99. The van der Waals surface area contributed by atoms with Gasteiger partial charge in [-0.05, 0) is 64.5 Å². The number of benzene rings is 1. The second kappa shape index (κ2) is 8.68. The van der Waals surface area contributed by atoms with Crippen LogP contribution < -0.4 is 10.6 Å². The van der Waals surface area contributed by atoms with Gasteiger partial charge in [0, 0.05) is 18.1 Å². The summed E-state index contributed by atoms with van der Waals surface area (Å²) in [6.45, 7) is 7.85. The van der Waals surface area contributed by atoms with Gasteiger partial charge in [0.05, 0.1) is 6.61 Å². The maximum Gasteiger partial charge on any atom is 0.407 e. The monoisotopic (exact) mass is 348 g/mol. The lowest BCUT2D eigenvalue weighted by Gasteiger charge is -2.32. The maximum atomic E-state index is 11.9. The average molecular weight is 348 g/mol. The van der Waals surface area contributed by atoms with Crippen LogP contribution in [0.2, 0.25) is 0 Å². The first kappa shape index (κ1) is 19.7. The molecule has 0 aromatic heterocycles. The molecule has 0 heterocycles. The Morgan fingerprint density at radius 3 is 2.48 bits per heavy atom. The van der Waals surface area contributed by atoms with Crippen molar-refractivity contribution in [2.45, 2.75) is 83.7 Å². The molecule has 25 heavy (non-hydrogen) atoms. The van der Waals surface area contributed by atoms with E-state index in [2.05, 4.69) is 23.6 Å². The lowest BCUT2D eigenvalue weighted by Crippen LogP contribution is -2.44. The van der Waals surface area contributed by atoms with Crippen molar-refractivity contribution in [1.29, 1.82) is 0 Å². The molecule has 0 bridgehead atoms. The van der Waals surface area contributed by atoms with E-state index in [1.165, 1.54) is 5.56 Å². The Bertz CT molecular complexity index is 560. The highest BCUT2D eigenvalue weighted by atomic mass is 16.6. The number of hydrogen-bond acceptors (Lipinski definition) is 4. The Kier molecular flexibility index (Phi) is 6.85. The summed E-state index contributed by atoms with van der Waals surface area (Å²) in [5.74, 6) is 0. The van der Waals surface area contributed by atoms with E-state index in [4.69, 9.17) is 4.74 Å². The van der Waals surface area contributed by atoms with Gasteiger partial charge >= 0.3 is 6.09 Å². The number of hydrogen-bond donors (Lipinski definition) is 3. The number of alkyl carbamates (subject to hydrolysis) is 1. The van der Waals surface area contributed by atoms with Crippen LogP contribution in [0.1, 0.15) is 70.5 Å². The third-order valence-corrected chi connectivity index (χ3v) is 4.57. The van der Waals surface area contributed by atoms with Gasteiger partial charge in [-0.1, -0.05) is 24.3 Å². The summed E-state index contributed by atoms with van der Waals surface area (Å²) in [7, 11) is 0. The van der Waals surface area contributed by atoms with Gasteiger partial charge in [-0.3, -0.25) is 0 Å². The van der Waals surface area contributed by atoms with E-state index in [9.17, 15) is 9.90 Å². The molecule has 1 fully saturated rings. The molecule has 1 amide bonds. The van der Waals surface area contributed by atoms with Crippen molar-refractivity contribution in [3.63, 3.8) is 0 Å². The lowest BCUT2D eigenvalue weighted by atomic mass is 9.90. The molecular formula is C20H32N2O3. The largest absolute Gasteiger partial charge is 0.444 e. The number of nitrogens with one attached hydrogen (secondary N) is 2. The number of rotatable bonds is 5. The molecule has 0 spiro atoms. The van der Waals surface area contributed by atoms with Crippen molar-refractivity contribution in [3.05, 3.63) is 35.4 Å². The molecule has 1 aliphatic rings. The summed E-state index contributed by atoms with van der Waals surface area (Å²) in [4.78, 5) is 11.9. The molecule has 140 valence electrons. The predicted octanol–water partition coefficient (Wildman–Crippen LogP) is 3.67. The fraction of sp³-hybridized carbons (Fsp3) is 0.650. The van der Waals surface area contributed by atoms with Gasteiger partial charge in [0.2, 0.25) is 0 Å². The molecule has 1 aromatic rings. The Hall–Kier alpha value is -1.59. The maximum absolute atomic E-state index is 11.9. The number of ether oxygens (including phenoxy) is 1. The molecule has 2 rings (SSSR count). The molecule has 0 aliphatic heterocycles. The fourth-order valence-corrected chi connectivity index (χ4v) is 3.29. The average Bonchev–Trinajstić information content (AvgIpc) is 2.55. The van der Waals surface area contributed by atoms with Gasteiger partial charge in [-0.25, -0.2) is 4.79 Å². The minimum Gasteiger partial charge on any atom is -0.444 e. The van der Waals surface area contributed by atoms with Gasteiger partial charge < -0.3 is 20.5 Å². The second-order valence-electron chi connectivity index (χ2n) is 7.99. The van der Waals surface area contributed by atoms with E-state index in [0.717, 1.165) is 31.2 Å². The lowest BCUT2D eigenvalue weighted by molar-refractivity contribution is 0.0489. The summed E-state index contributed by atoms with van der Waals surface area (Å²) < 4.78 is 5.33. The Balaban J connectivity index is 1.77. The zero-order valence-corrected chi connectivity index (χ0v) is 15.8. The Morgan fingerprint density at radius 2 is 1.88 bits per heavy atom. The predicted molar refractivity (Wildman–Crippen MR) is 99.3 cm³/mol. The summed E-state index contributed by atoms with van der Waals surface area (Å²) in [6.07, 6.45) is 3.66. The molecule has 1 atom stereocenters. The molecule has 1 aromatic carbocycles. The molecular weight excluding hydrogens is 316 g/mol. The minimum absolute atomic E-state index is 0.0714. The standard InChI is InChI=1S/C20H32N2O3/c1-14(16-7-5-6-15(12-16)13-23)21-17-8-10-18(11-9-17)22-19(24)25-20(2,3)4/h5-7,12,14,17-18,21,23H,8-11,13H2,1-4H3,(H,22,24). The van der Waals surface area contributed by atoms with Crippen LogP contribution in [0.3, 0.4) is 0 Å². The van der Waals surface area contributed by atoms with E-state index in [0.29, 0.717) is 6.04 Å². The summed E-state index contributed by atoms with van der Waals surface area (Å²) in [5.41, 5.74) is 1.68. The van der Waals surface area contributed by atoms with Crippen LogP contribution in [0, 0.1) is 0 Å². The zero-order chi connectivity index (χ0) is 18.4. The van der Waals surface area contributed by atoms with Gasteiger partial charge in [-0.15, -0.1) is 0 Å². The van der Waals surface area contributed by atoms with E-state index >= 15 is 0 Å². The van der Waals surface area contributed by atoms with E-state index in [-0.39, 0.29) is 24.8 Å². The molecule has 3 N–H and O–H groups in total. The van der Waals surface area contributed by atoms with Crippen molar-refractivity contribution >= 4 is 6.09 Å². The highest BCUT2D eigenvalue weighted by Crippen LogP contribution is 2.23. The molecule has 1 aliphatic carbocycles. The van der Waals surface area contributed by atoms with E-state index in [1.807, 2.05) is 39.0 Å². The van der Waals surface area contributed by atoms with Crippen molar-refractivity contribution in [2.75, 3.05) is 0 Å². The number of aliphatic hydroxyl groups excluding tert-OH is 1. The normalized spacial score (nSPS) is 22.3. The number of amides is 1. The van der Waals surface area contributed by atoms with E-state index in [1.54, 1.807) is 0 Å². The van der Waals surface area contributed by atoms with Crippen LogP contribution in [-0.4, -0.2) is 28.9 Å². The van der Waals surface area contributed by atoms with Crippen LogP contribution in [0.25, 0.3) is 0 Å². The highest BCUT2D eigenvalue weighted by molar-refractivity contribution is 5.68. The van der Waals surface area contributed by atoms with E-state index < -0.39 is 5.60 Å². The SMILES string of the molecule is CC(NC1CCC(NC(=O)OC(C)(C)C)CC1)c1cccc(CO)c1. The van der Waals surface area contributed by atoms with Crippen LogP contribution in [0.15, 0.2) is 24.3 Å². The van der Waals surface area contributed by atoms with Crippen molar-refractivity contribution in [3.8, 4) is 0 Å². The van der Waals surface area contributed by atoms with Gasteiger partial charge in [0.25, 0.3) is 0 Å². The van der Waals surface area contributed by atoms with Gasteiger partial charge in [0.15, 0.2) is 0 Å². The van der Waals surface area contributed by atoms with Crippen LogP contribution in [0.4, 0.5) is 4.79 Å². The van der Waals surface area contributed by atoms with Crippen molar-refractivity contribution in [1.82, 2.24) is 10.6 Å². The summed E-state index contributed by atoms with van der Waals surface area (Å²) in [5, 5.41) is 15.9. The van der Waals surface area contributed by atoms with Gasteiger partial charge in [-0.2, -0.15) is 0 Å². The fourth-order valence-electron chi connectivity index (χ4n) is 3.29. The number of aliphatic hydroxyl groups is 1. The Labute approximate surface area is 151 Å². The quantitative estimate of drug-likeness (QED) is 0.759. The van der Waals surface area contributed by atoms with Crippen LogP contribution >= 0.6 is 0 Å². The Morgan fingerprint density at radius 1 is 1.24 bits per heavy atom. The van der Waals surface area contributed by atoms with Crippen LogP contribution in [-0.2, 0) is 11.3 Å². The van der Waals surface area contributed by atoms with Crippen LogP contribution in [0.5, 0.6) is 0 Å². The minimum atomic E-state index is -0.457. The first-order valence-corrected chi connectivity index (χ1v) is 9.22. The third-order valence-electron chi connectivity index (χ3n) is 4.57. The first-order chi connectivity index (χ1) is 11.8. The van der Waals surface area contributed by atoms with Gasteiger partial charge in [0.1, 0.15) is 5.60 Å². The number of carbonyl (C=O) groups is 1. The third kappa shape index (κ3) is 6.67. The highest BCUT2D eigenvalue weighted by Gasteiger charge is 2.25. The molecule has 5 nitrogen and oxygen atoms in total. The molecule has 5 heteroatoms. The number of carbonyl (C=O) groups excluding carboxylic acids is 1. The van der Waals surface area contributed by atoms with Crippen molar-refractivity contribution in [2.24, 2.45) is 0 Å². The molecule has 1 unspecified atom stereocenters. The molecule has 0 saturated heterocycles. The summed E-state index contributed by atoms with van der Waals surface area (Å²) >= 11 is 0. The first-order valence-electron chi connectivity index (χ1n) is 9.22. The zero-order valence-electron chi connectivity index (χ0n) is 15.8. The smallest absolute Gasteiger partial charge is 0.407 e. The van der Waals surface area contributed by atoms with Crippen molar-refractivity contribution < 1.29 is 14.6 Å². The molecule has 1 saturated carbocycles. The summed E-state index contributed by atoms with van der Waals surface area (Å²) in [6, 6.07) is 8.95. The molecule has 0 radical (unpaired) electrons.